The molecule has 2 aliphatic heterocycles. The van der Waals surface area contributed by atoms with Crippen LogP contribution in [-0.2, 0) is 22.7 Å². The van der Waals surface area contributed by atoms with Gasteiger partial charge in [0.1, 0.15) is 5.65 Å². The fourth-order valence-corrected chi connectivity index (χ4v) is 4.49. The summed E-state index contributed by atoms with van der Waals surface area (Å²) in [6.07, 6.45) is 3.37. The number of carbonyl (C=O) groups excluding carboxylic acids is 2. The van der Waals surface area contributed by atoms with Crippen molar-refractivity contribution in [3.05, 3.63) is 71.6 Å². The van der Waals surface area contributed by atoms with Gasteiger partial charge in [0, 0.05) is 37.3 Å². The van der Waals surface area contributed by atoms with Gasteiger partial charge in [0.25, 0.3) is 11.8 Å². The van der Waals surface area contributed by atoms with Crippen molar-refractivity contribution in [2.45, 2.75) is 13.1 Å². The number of carbonyl (C=O) groups is 2. The van der Waals surface area contributed by atoms with Crippen LogP contribution < -0.4 is 10.6 Å². The molecule has 148 valence electrons. The summed E-state index contributed by atoms with van der Waals surface area (Å²) in [5, 5.41) is 6.31. The molecule has 6 rings (SSSR count). The van der Waals surface area contributed by atoms with Gasteiger partial charge in [-0.3, -0.25) is 19.3 Å². The van der Waals surface area contributed by atoms with Gasteiger partial charge in [0.05, 0.1) is 28.6 Å². The molecule has 3 aromatic heterocycles. The molecule has 1 aromatic carbocycles. The molecule has 0 aliphatic carbocycles. The van der Waals surface area contributed by atoms with Crippen LogP contribution in [0.3, 0.4) is 0 Å². The van der Waals surface area contributed by atoms with Crippen LogP contribution in [0, 0.1) is 5.95 Å². The molecule has 0 bridgehead atoms. The molecule has 8 heteroatoms. The monoisotopic (exact) mass is 401 g/mol. The molecule has 2 N–H and O–H groups in total. The average molecular weight is 401 g/mol. The number of benzene rings is 1. The summed E-state index contributed by atoms with van der Waals surface area (Å²) in [5.41, 5.74) is 3.93. The van der Waals surface area contributed by atoms with Crippen LogP contribution >= 0.6 is 0 Å². The Kier molecular flexibility index (Phi) is 3.48. The Morgan fingerprint density at radius 3 is 2.83 bits per heavy atom. The standard InChI is InChI=1S/C22H16FN5O2/c23-16-9-14-13(5-4-12-10-24-6-8-28(16)20(12)14)18-19(22(30)26-21(18)29)15-11-25-17-3-1-2-7-27(15)17/h1-5,7,9,11,24H,6,8,10H2,(H,26,29,30). The van der Waals surface area contributed by atoms with Crippen LogP contribution in [-0.4, -0.2) is 32.3 Å². The molecule has 0 spiro atoms. The van der Waals surface area contributed by atoms with E-state index >= 15 is 0 Å². The second-order valence-corrected chi connectivity index (χ2v) is 7.44. The van der Waals surface area contributed by atoms with E-state index in [0.717, 1.165) is 11.1 Å². The highest BCUT2D eigenvalue weighted by atomic mass is 19.1. The van der Waals surface area contributed by atoms with E-state index in [4.69, 9.17) is 0 Å². The summed E-state index contributed by atoms with van der Waals surface area (Å²) >= 11 is 0. The van der Waals surface area contributed by atoms with E-state index in [2.05, 4.69) is 15.6 Å². The molecule has 2 amide bonds. The minimum absolute atomic E-state index is 0.242. The number of rotatable bonds is 2. The third-order valence-corrected chi connectivity index (χ3v) is 5.79. The first-order valence-electron chi connectivity index (χ1n) is 9.67. The zero-order valence-electron chi connectivity index (χ0n) is 15.8. The lowest BCUT2D eigenvalue weighted by Gasteiger charge is -2.10. The zero-order valence-corrected chi connectivity index (χ0v) is 15.8. The first-order valence-corrected chi connectivity index (χ1v) is 9.67. The topological polar surface area (TPSA) is 80.4 Å². The number of nitrogens with one attached hydrogen (secondary N) is 2. The molecule has 4 aromatic rings. The van der Waals surface area contributed by atoms with E-state index < -0.39 is 11.8 Å². The summed E-state index contributed by atoms with van der Waals surface area (Å²) in [6, 6.07) is 10.6. The predicted molar refractivity (Wildman–Crippen MR) is 109 cm³/mol. The molecule has 0 unspecified atom stereocenters. The number of fused-ring (bicyclic) bond motifs is 1. The molecule has 7 nitrogen and oxygen atoms in total. The van der Waals surface area contributed by atoms with Crippen molar-refractivity contribution in [3.8, 4) is 0 Å². The zero-order chi connectivity index (χ0) is 20.4. The van der Waals surface area contributed by atoms with Gasteiger partial charge in [-0.1, -0.05) is 18.2 Å². The number of hydrogen-bond donors (Lipinski definition) is 2. The number of imide groups is 1. The summed E-state index contributed by atoms with van der Waals surface area (Å²) in [6.45, 7) is 1.76. The molecule has 5 heterocycles. The van der Waals surface area contributed by atoms with Gasteiger partial charge in [0.15, 0.2) is 5.95 Å². The molecule has 30 heavy (non-hydrogen) atoms. The second-order valence-electron chi connectivity index (χ2n) is 7.44. The Bertz CT molecular complexity index is 1430. The van der Waals surface area contributed by atoms with Crippen molar-refractivity contribution in [1.29, 1.82) is 0 Å². The van der Waals surface area contributed by atoms with Crippen LogP contribution in [0.4, 0.5) is 4.39 Å². The van der Waals surface area contributed by atoms with Crippen LogP contribution in [0.25, 0.3) is 27.7 Å². The summed E-state index contributed by atoms with van der Waals surface area (Å²) in [4.78, 5) is 30.0. The normalized spacial score (nSPS) is 16.6. The van der Waals surface area contributed by atoms with Crippen molar-refractivity contribution in [2.24, 2.45) is 0 Å². The molecular formula is C22H16FN5O2. The lowest BCUT2D eigenvalue weighted by molar-refractivity contribution is -0.122. The highest BCUT2D eigenvalue weighted by Gasteiger charge is 2.35. The van der Waals surface area contributed by atoms with Crippen molar-refractivity contribution in [1.82, 2.24) is 24.6 Å². The van der Waals surface area contributed by atoms with E-state index in [1.807, 2.05) is 24.3 Å². The van der Waals surface area contributed by atoms with Crippen molar-refractivity contribution >= 4 is 39.5 Å². The lowest BCUT2D eigenvalue weighted by atomic mass is 9.95. The largest absolute Gasteiger partial charge is 0.316 e. The second kappa shape index (κ2) is 6.11. The molecule has 0 saturated heterocycles. The molecule has 0 radical (unpaired) electrons. The fraction of sp³-hybridized carbons (Fsp3) is 0.136. The number of halogens is 1. The third kappa shape index (κ3) is 2.25. The van der Waals surface area contributed by atoms with Gasteiger partial charge in [-0.05, 0) is 23.3 Å². The highest BCUT2D eigenvalue weighted by molar-refractivity contribution is 6.49. The van der Waals surface area contributed by atoms with E-state index in [0.29, 0.717) is 41.9 Å². The lowest BCUT2D eigenvalue weighted by Crippen LogP contribution is -2.23. The van der Waals surface area contributed by atoms with Gasteiger partial charge in [0.2, 0.25) is 0 Å². The number of pyridine rings is 1. The Balaban J connectivity index is 1.69. The quantitative estimate of drug-likeness (QED) is 0.504. The number of hydrogen-bond acceptors (Lipinski definition) is 4. The van der Waals surface area contributed by atoms with Gasteiger partial charge < -0.3 is 9.88 Å². The first kappa shape index (κ1) is 17.1. The highest BCUT2D eigenvalue weighted by Crippen LogP contribution is 2.37. The number of amides is 2. The fourth-order valence-electron chi connectivity index (χ4n) is 4.49. The maximum Gasteiger partial charge on any atom is 0.261 e. The Labute approximate surface area is 169 Å². The number of imidazole rings is 1. The third-order valence-electron chi connectivity index (χ3n) is 5.79. The summed E-state index contributed by atoms with van der Waals surface area (Å²) in [7, 11) is 0. The van der Waals surface area contributed by atoms with Gasteiger partial charge >= 0.3 is 0 Å². The minimum atomic E-state index is -0.490. The van der Waals surface area contributed by atoms with Crippen molar-refractivity contribution in [2.75, 3.05) is 6.54 Å². The van der Waals surface area contributed by atoms with Crippen LogP contribution in [0.1, 0.15) is 16.8 Å². The number of aromatic nitrogens is 3. The molecule has 0 saturated carbocycles. The first-order chi connectivity index (χ1) is 14.6. The molecular weight excluding hydrogens is 385 g/mol. The maximum atomic E-state index is 14.8. The Morgan fingerprint density at radius 2 is 1.93 bits per heavy atom. The van der Waals surface area contributed by atoms with E-state index in [1.54, 1.807) is 27.4 Å². The van der Waals surface area contributed by atoms with Crippen LogP contribution in [0.5, 0.6) is 0 Å². The van der Waals surface area contributed by atoms with Gasteiger partial charge in [-0.25, -0.2) is 4.98 Å². The van der Waals surface area contributed by atoms with Gasteiger partial charge in [-0.15, -0.1) is 0 Å². The van der Waals surface area contributed by atoms with E-state index in [1.165, 1.54) is 6.07 Å². The van der Waals surface area contributed by atoms with E-state index in [9.17, 15) is 14.0 Å². The molecule has 0 fully saturated rings. The van der Waals surface area contributed by atoms with Crippen LogP contribution in [0.2, 0.25) is 0 Å². The Hall–Kier alpha value is -3.78. The average Bonchev–Trinajstić information content (AvgIpc) is 3.32. The van der Waals surface area contributed by atoms with Crippen molar-refractivity contribution < 1.29 is 14.0 Å². The SMILES string of the molecule is O=C1NC(=O)C(c2cnc3ccccn23)=C1c1ccc2c3c1cc(F)n3CCNC2. The Morgan fingerprint density at radius 1 is 1.07 bits per heavy atom. The van der Waals surface area contributed by atoms with Crippen molar-refractivity contribution in [3.63, 3.8) is 0 Å². The maximum absolute atomic E-state index is 14.8. The molecule has 2 aliphatic rings. The van der Waals surface area contributed by atoms with Crippen LogP contribution in [0.15, 0.2) is 48.8 Å². The minimum Gasteiger partial charge on any atom is -0.316 e. The molecule has 0 atom stereocenters. The smallest absolute Gasteiger partial charge is 0.261 e. The van der Waals surface area contributed by atoms with Gasteiger partial charge in [-0.2, -0.15) is 4.39 Å². The summed E-state index contributed by atoms with van der Waals surface area (Å²) in [5.74, 6) is -1.33. The summed E-state index contributed by atoms with van der Waals surface area (Å²) < 4.78 is 18.1. The number of nitrogens with zero attached hydrogens (tertiary/aromatic N) is 3. The van der Waals surface area contributed by atoms with E-state index in [-0.39, 0.29) is 17.1 Å². The predicted octanol–water partition coefficient (Wildman–Crippen LogP) is 2.10.